The van der Waals surface area contributed by atoms with E-state index in [4.69, 9.17) is 4.42 Å². The van der Waals surface area contributed by atoms with E-state index in [1.54, 1.807) is 6.92 Å². The molecule has 2 fully saturated rings. The summed E-state index contributed by atoms with van der Waals surface area (Å²) in [5.41, 5.74) is 1.78. The molecule has 0 N–H and O–H groups in total. The zero-order valence-electron chi connectivity index (χ0n) is 15.0. The molecule has 0 saturated carbocycles. The van der Waals surface area contributed by atoms with Gasteiger partial charge in [0.2, 0.25) is 5.91 Å². The lowest BCUT2D eigenvalue weighted by atomic mass is 9.86. The Morgan fingerprint density at radius 2 is 1.88 bits per heavy atom. The summed E-state index contributed by atoms with van der Waals surface area (Å²) in [4.78, 5) is 21.1. The quantitative estimate of drug-likeness (QED) is 0.833. The standard InChI is InChI=1S/C20H27N3O2/c1-15(24)23-12-6-2-3-8-18(23)16-10-13-22(14-11-16)20-21-17-7-4-5-9-19(17)25-20/h4-5,7,9,16,18H,2-3,6,8,10-14H2,1H3/t18-/m0/s1. The van der Waals surface area contributed by atoms with Crippen molar-refractivity contribution >= 4 is 23.0 Å². The van der Waals surface area contributed by atoms with Crippen molar-refractivity contribution < 1.29 is 9.21 Å². The highest BCUT2D eigenvalue weighted by Crippen LogP contribution is 2.32. The zero-order valence-corrected chi connectivity index (χ0v) is 15.0. The number of carbonyl (C=O) groups is 1. The molecular formula is C20H27N3O2. The lowest BCUT2D eigenvalue weighted by Crippen LogP contribution is -2.47. The van der Waals surface area contributed by atoms with E-state index < -0.39 is 0 Å². The van der Waals surface area contributed by atoms with Gasteiger partial charge in [-0.3, -0.25) is 4.79 Å². The molecule has 0 unspecified atom stereocenters. The number of piperidine rings is 1. The van der Waals surface area contributed by atoms with E-state index in [0.717, 1.165) is 62.4 Å². The number of para-hydroxylation sites is 2. The molecule has 4 rings (SSSR count). The third-order valence-electron chi connectivity index (χ3n) is 5.84. The van der Waals surface area contributed by atoms with Crippen LogP contribution in [0, 0.1) is 5.92 Å². The topological polar surface area (TPSA) is 49.6 Å². The fourth-order valence-corrected chi connectivity index (χ4v) is 4.49. The van der Waals surface area contributed by atoms with Crippen LogP contribution in [0.5, 0.6) is 0 Å². The number of amides is 1. The van der Waals surface area contributed by atoms with Crippen molar-refractivity contribution in [3.8, 4) is 0 Å². The van der Waals surface area contributed by atoms with Gasteiger partial charge in [-0.1, -0.05) is 25.0 Å². The van der Waals surface area contributed by atoms with Crippen LogP contribution in [0.4, 0.5) is 6.01 Å². The van der Waals surface area contributed by atoms with E-state index in [9.17, 15) is 4.79 Å². The molecule has 5 nitrogen and oxygen atoms in total. The monoisotopic (exact) mass is 341 g/mol. The third kappa shape index (κ3) is 3.37. The van der Waals surface area contributed by atoms with Gasteiger partial charge in [-0.05, 0) is 43.7 Å². The second-order valence-electron chi connectivity index (χ2n) is 7.42. The molecule has 2 aliphatic rings. The predicted molar refractivity (Wildman–Crippen MR) is 98.6 cm³/mol. The zero-order chi connectivity index (χ0) is 17.2. The molecule has 1 aromatic carbocycles. The van der Waals surface area contributed by atoms with Gasteiger partial charge in [0.25, 0.3) is 6.01 Å². The number of hydrogen-bond donors (Lipinski definition) is 0. The lowest BCUT2D eigenvalue weighted by Gasteiger charge is -2.40. The third-order valence-corrected chi connectivity index (χ3v) is 5.84. The summed E-state index contributed by atoms with van der Waals surface area (Å²) in [6.07, 6.45) is 7.02. The Balaban J connectivity index is 1.44. The fraction of sp³-hybridized carbons (Fsp3) is 0.600. The van der Waals surface area contributed by atoms with Gasteiger partial charge >= 0.3 is 0 Å². The number of oxazole rings is 1. The maximum Gasteiger partial charge on any atom is 0.298 e. The average Bonchev–Trinajstić information content (AvgIpc) is 2.91. The van der Waals surface area contributed by atoms with Crippen molar-refractivity contribution in [3.63, 3.8) is 0 Å². The number of fused-ring (bicyclic) bond motifs is 1. The molecule has 5 heteroatoms. The normalized spacial score (nSPS) is 23.0. The van der Waals surface area contributed by atoms with Gasteiger partial charge in [-0.15, -0.1) is 0 Å². The van der Waals surface area contributed by atoms with Crippen LogP contribution < -0.4 is 4.90 Å². The Hall–Kier alpha value is -2.04. The highest BCUT2D eigenvalue weighted by atomic mass is 16.4. The summed E-state index contributed by atoms with van der Waals surface area (Å²) < 4.78 is 5.92. The van der Waals surface area contributed by atoms with Crippen LogP contribution in [0.15, 0.2) is 28.7 Å². The molecule has 0 radical (unpaired) electrons. The average molecular weight is 341 g/mol. The van der Waals surface area contributed by atoms with Crippen LogP contribution in [0.2, 0.25) is 0 Å². The van der Waals surface area contributed by atoms with Crippen LogP contribution in [-0.4, -0.2) is 41.5 Å². The van der Waals surface area contributed by atoms with Crippen LogP contribution in [0.25, 0.3) is 11.1 Å². The Labute approximate surface area is 149 Å². The molecule has 3 heterocycles. The van der Waals surface area contributed by atoms with E-state index >= 15 is 0 Å². The van der Waals surface area contributed by atoms with Crippen molar-refractivity contribution in [2.45, 2.75) is 51.5 Å². The minimum Gasteiger partial charge on any atom is -0.423 e. The highest BCUT2D eigenvalue weighted by molar-refractivity contribution is 5.74. The van der Waals surface area contributed by atoms with Gasteiger partial charge < -0.3 is 14.2 Å². The SMILES string of the molecule is CC(=O)N1CCCCC[C@H]1C1CCN(c2nc3ccccc3o2)CC1. The fourth-order valence-electron chi connectivity index (χ4n) is 4.49. The summed E-state index contributed by atoms with van der Waals surface area (Å²) in [5, 5.41) is 0. The number of rotatable bonds is 2. The van der Waals surface area contributed by atoms with Gasteiger partial charge in [0.15, 0.2) is 5.58 Å². The number of nitrogens with zero attached hydrogens (tertiary/aromatic N) is 3. The largest absolute Gasteiger partial charge is 0.423 e. The molecule has 2 aliphatic heterocycles. The molecule has 134 valence electrons. The molecule has 0 spiro atoms. The van der Waals surface area contributed by atoms with Gasteiger partial charge in [-0.2, -0.15) is 4.98 Å². The maximum atomic E-state index is 12.1. The van der Waals surface area contributed by atoms with Crippen LogP contribution >= 0.6 is 0 Å². The molecule has 1 atom stereocenters. The van der Waals surface area contributed by atoms with Crippen LogP contribution in [-0.2, 0) is 4.79 Å². The molecule has 2 saturated heterocycles. The lowest BCUT2D eigenvalue weighted by molar-refractivity contribution is -0.132. The summed E-state index contributed by atoms with van der Waals surface area (Å²) >= 11 is 0. The number of anilines is 1. The second kappa shape index (κ2) is 7.06. The first kappa shape index (κ1) is 16.4. The molecular weight excluding hydrogens is 314 g/mol. The van der Waals surface area contributed by atoms with E-state index in [1.807, 2.05) is 24.3 Å². The second-order valence-corrected chi connectivity index (χ2v) is 7.42. The Morgan fingerprint density at radius 1 is 1.08 bits per heavy atom. The number of likely N-dealkylation sites (tertiary alicyclic amines) is 1. The van der Waals surface area contributed by atoms with Crippen molar-refractivity contribution in [3.05, 3.63) is 24.3 Å². The Kier molecular flexibility index (Phi) is 4.64. The minimum absolute atomic E-state index is 0.244. The first-order valence-corrected chi connectivity index (χ1v) is 9.60. The first-order chi connectivity index (χ1) is 12.2. The molecule has 25 heavy (non-hydrogen) atoms. The molecule has 0 bridgehead atoms. The molecule has 2 aromatic rings. The Bertz CT molecular complexity index is 700. The molecule has 0 aliphatic carbocycles. The number of hydrogen-bond acceptors (Lipinski definition) is 4. The first-order valence-electron chi connectivity index (χ1n) is 9.60. The minimum atomic E-state index is 0.244. The summed E-state index contributed by atoms with van der Waals surface area (Å²) in [5.74, 6) is 0.843. The van der Waals surface area contributed by atoms with Crippen LogP contribution in [0.3, 0.4) is 0 Å². The number of aromatic nitrogens is 1. The maximum absolute atomic E-state index is 12.1. The summed E-state index contributed by atoms with van der Waals surface area (Å²) in [6.45, 7) is 4.58. The highest BCUT2D eigenvalue weighted by Gasteiger charge is 2.33. The molecule has 1 aromatic heterocycles. The molecule has 1 amide bonds. The van der Waals surface area contributed by atoms with E-state index in [2.05, 4.69) is 14.8 Å². The number of benzene rings is 1. The Morgan fingerprint density at radius 3 is 2.64 bits per heavy atom. The summed E-state index contributed by atoms with van der Waals surface area (Å²) in [7, 11) is 0. The van der Waals surface area contributed by atoms with Gasteiger partial charge in [-0.25, -0.2) is 0 Å². The van der Waals surface area contributed by atoms with Gasteiger partial charge in [0, 0.05) is 32.6 Å². The number of carbonyl (C=O) groups excluding carboxylic acids is 1. The predicted octanol–water partition coefficient (Wildman–Crippen LogP) is 3.84. The smallest absolute Gasteiger partial charge is 0.298 e. The van der Waals surface area contributed by atoms with Gasteiger partial charge in [0.1, 0.15) is 5.52 Å². The van der Waals surface area contributed by atoms with Crippen molar-refractivity contribution in [2.24, 2.45) is 5.92 Å². The van der Waals surface area contributed by atoms with Crippen LogP contribution in [0.1, 0.15) is 45.4 Å². The van der Waals surface area contributed by atoms with E-state index in [-0.39, 0.29) is 5.91 Å². The van der Waals surface area contributed by atoms with Gasteiger partial charge in [0.05, 0.1) is 0 Å². The van der Waals surface area contributed by atoms with Crippen molar-refractivity contribution in [1.29, 1.82) is 0 Å². The summed E-state index contributed by atoms with van der Waals surface area (Å²) in [6, 6.07) is 9.09. The van der Waals surface area contributed by atoms with E-state index in [1.165, 1.54) is 12.8 Å². The van der Waals surface area contributed by atoms with Crippen molar-refractivity contribution in [2.75, 3.05) is 24.5 Å². The van der Waals surface area contributed by atoms with Crippen molar-refractivity contribution in [1.82, 2.24) is 9.88 Å². The van der Waals surface area contributed by atoms with E-state index in [0.29, 0.717) is 12.0 Å².